The molecule has 0 aliphatic heterocycles. The van der Waals surface area contributed by atoms with Crippen LogP contribution in [0.2, 0.25) is 0 Å². The molecular formula is C21H12F6N4O. The summed E-state index contributed by atoms with van der Waals surface area (Å²) in [5, 5.41) is 6.62. The maximum atomic E-state index is 13.5. The summed E-state index contributed by atoms with van der Waals surface area (Å²) in [6, 6.07) is 13.5. The Bertz CT molecular complexity index is 1160. The molecule has 4 aromatic rings. The third-order valence-electron chi connectivity index (χ3n) is 4.53. The van der Waals surface area contributed by atoms with Crippen molar-refractivity contribution < 1.29 is 31.1 Å². The zero-order valence-electron chi connectivity index (χ0n) is 15.9. The van der Waals surface area contributed by atoms with Crippen molar-refractivity contribution in [3.63, 3.8) is 0 Å². The standard InChI is InChI=1S/C21H12F6N4O/c22-20(23,24)17-15(13-7-3-1-4-8-13)11-30(28-17)19(32)31-12-16(14-9-5-2-6-10-14)18(29-31)21(25,26)27/h1-12H. The van der Waals surface area contributed by atoms with Crippen LogP contribution in [0.15, 0.2) is 73.1 Å². The molecule has 0 radical (unpaired) electrons. The van der Waals surface area contributed by atoms with Crippen LogP contribution < -0.4 is 0 Å². The van der Waals surface area contributed by atoms with Gasteiger partial charge in [-0.1, -0.05) is 60.7 Å². The van der Waals surface area contributed by atoms with Crippen molar-refractivity contribution in [3.05, 3.63) is 84.4 Å². The number of carbonyl (C=O) groups is 1. The summed E-state index contributed by atoms with van der Waals surface area (Å²) in [6.07, 6.45) is -8.16. The monoisotopic (exact) mass is 450 g/mol. The Morgan fingerprint density at radius 2 is 0.969 bits per heavy atom. The van der Waals surface area contributed by atoms with Crippen LogP contribution in [0.1, 0.15) is 11.4 Å². The molecule has 0 atom stereocenters. The molecule has 2 heterocycles. The van der Waals surface area contributed by atoms with Crippen LogP contribution in [-0.2, 0) is 12.4 Å². The largest absolute Gasteiger partial charge is 0.435 e. The molecule has 2 aromatic carbocycles. The molecule has 0 aliphatic carbocycles. The second-order valence-corrected chi connectivity index (χ2v) is 6.68. The molecule has 11 heteroatoms. The topological polar surface area (TPSA) is 52.7 Å². The summed E-state index contributed by atoms with van der Waals surface area (Å²) >= 11 is 0. The van der Waals surface area contributed by atoms with Gasteiger partial charge >= 0.3 is 18.4 Å². The molecule has 5 nitrogen and oxygen atoms in total. The van der Waals surface area contributed by atoms with Gasteiger partial charge < -0.3 is 0 Å². The molecule has 4 rings (SSSR count). The van der Waals surface area contributed by atoms with E-state index >= 15 is 0 Å². The molecule has 0 bridgehead atoms. The van der Waals surface area contributed by atoms with Crippen LogP contribution in [0.3, 0.4) is 0 Å². The highest BCUT2D eigenvalue weighted by Crippen LogP contribution is 2.37. The van der Waals surface area contributed by atoms with Crippen LogP contribution in [0, 0.1) is 0 Å². The lowest BCUT2D eigenvalue weighted by atomic mass is 10.1. The number of halogens is 6. The fourth-order valence-electron chi connectivity index (χ4n) is 3.13. The van der Waals surface area contributed by atoms with Gasteiger partial charge in [-0.25, -0.2) is 4.79 Å². The van der Waals surface area contributed by atoms with Crippen molar-refractivity contribution in [3.8, 4) is 22.3 Å². The van der Waals surface area contributed by atoms with Gasteiger partial charge in [-0.3, -0.25) is 0 Å². The molecule has 2 aromatic heterocycles. The Balaban J connectivity index is 1.82. The van der Waals surface area contributed by atoms with Crippen LogP contribution in [0.5, 0.6) is 0 Å². The van der Waals surface area contributed by atoms with E-state index in [0.29, 0.717) is 9.36 Å². The van der Waals surface area contributed by atoms with Gasteiger partial charge in [0.2, 0.25) is 0 Å². The molecule has 0 unspecified atom stereocenters. The van der Waals surface area contributed by atoms with Gasteiger partial charge in [-0.2, -0.15) is 45.9 Å². The molecule has 0 saturated carbocycles. The van der Waals surface area contributed by atoms with Gasteiger partial charge in [0.05, 0.1) is 0 Å². The lowest BCUT2D eigenvalue weighted by Crippen LogP contribution is -2.22. The number of aromatic nitrogens is 4. The fraction of sp³-hybridized carbons (Fsp3) is 0.0952. The normalized spacial score (nSPS) is 12.2. The summed E-state index contributed by atoms with van der Waals surface area (Å²) < 4.78 is 81.7. The van der Waals surface area contributed by atoms with Crippen molar-refractivity contribution in [2.75, 3.05) is 0 Å². The second-order valence-electron chi connectivity index (χ2n) is 6.68. The van der Waals surface area contributed by atoms with E-state index in [1.807, 2.05) is 0 Å². The minimum atomic E-state index is -4.90. The SMILES string of the molecule is O=C(n1cc(-c2ccccc2)c(C(F)(F)F)n1)n1cc(-c2ccccc2)c(C(F)(F)F)n1. The predicted molar refractivity (Wildman–Crippen MR) is 102 cm³/mol. The van der Waals surface area contributed by atoms with E-state index in [1.54, 1.807) is 12.1 Å². The third kappa shape index (κ3) is 4.01. The molecule has 0 aliphatic rings. The van der Waals surface area contributed by atoms with Crippen LogP contribution in [-0.4, -0.2) is 25.6 Å². The van der Waals surface area contributed by atoms with Crippen LogP contribution in [0.4, 0.5) is 31.1 Å². The molecule has 0 spiro atoms. The highest BCUT2D eigenvalue weighted by atomic mass is 19.4. The average Bonchev–Trinajstić information content (AvgIpc) is 3.40. The highest BCUT2D eigenvalue weighted by Gasteiger charge is 2.40. The van der Waals surface area contributed by atoms with Gasteiger partial charge in [0.15, 0.2) is 11.4 Å². The average molecular weight is 450 g/mol. The first kappa shape index (κ1) is 21.3. The number of hydrogen-bond donors (Lipinski definition) is 0. The quantitative estimate of drug-likeness (QED) is 0.354. The van der Waals surface area contributed by atoms with Crippen LogP contribution >= 0.6 is 0 Å². The Kier molecular flexibility index (Phi) is 5.11. The predicted octanol–water partition coefficient (Wildman–Crippen LogP) is 5.97. The van der Waals surface area contributed by atoms with E-state index in [2.05, 4.69) is 10.2 Å². The van der Waals surface area contributed by atoms with E-state index in [4.69, 9.17) is 0 Å². The molecule has 32 heavy (non-hydrogen) atoms. The zero-order chi connectivity index (χ0) is 23.1. The van der Waals surface area contributed by atoms with Crippen molar-refractivity contribution in [2.24, 2.45) is 0 Å². The van der Waals surface area contributed by atoms with Gasteiger partial charge in [-0.15, -0.1) is 0 Å². The van der Waals surface area contributed by atoms with Crippen molar-refractivity contribution in [1.29, 1.82) is 0 Å². The first-order valence-electron chi connectivity index (χ1n) is 9.05. The first-order valence-corrected chi connectivity index (χ1v) is 9.05. The van der Waals surface area contributed by atoms with Gasteiger partial charge in [0.1, 0.15) is 0 Å². The smallest absolute Gasteiger partial charge is 0.244 e. The number of nitrogens with zero attached hydrogens (tertiary/aromatic N) is 4. The first-order chi connectivity index (χ1) is 15.1. The maximum absolute atomic E-state index is 13.5. The van der Waals surface area contributed by atoms with E-state index in [1.165, 1.54) is 48.5 Å². The van der Waals surface area contributed by atoms with Crippen molar-refractivity contribution >= 4 is 6.03 Å². The van der Waals surface area contributed by atoms with E-state index in [-0.39, 0.29) is 11.1 Å². The van der Waals surface area contributed by atoms with E-state index < -0.39 is 40.9 Å². The highest BCUT2D eigenvalue weighted by molar-refractivity contribution is 5.81. The minimum Gasteiger partial charge on any atom is -0.244 e. The zero-order valence-corrected chi connectivity index (χ0v) is 15.9. The number of benzene rings is 2. The van der Waals surface area contributed by atoms with Gasteiger partial charge in [0.25, 0.3) is 0 Å². The number of rotatable bonds is 2. The van der Waals surface area contributed by atoms with Crippen LogP contribution in [0.25, 0.3) is 22.3 Å². The Morgan fingerprint density at radius 1 is 0.625 bits per heavy atom. The Hall–Kier alpha value is -3.89. The van der Waals surface area contributed by atoms with Gasteiger partial charge in [-0.05, 0) is 11.1 Å². The summed E-state index contributed by atoms with van der Waals surface area (Å²) in [6.45, 7) is 0. The Morgan fingerprint density at radius 3 is 1.28 bits per heavy atom. The summed E-state index contributed by atoms with van der Waals surface area (Å²) in [7, 11) is 0. The third-order valence-corrected chi connectivity index (χ3v) is 4.53. The molecule has 164 valence electrons. The molecule has 0 N–H and O–H groups in total. The fourth-order valence-corrected chi connectivity index (χ4v) is 3.13. The molecule has 0 amide bonds. The maximum Gasteiger partial charge on any atom is 0.435 e. The number of alkyl halides is 6. The molecule has 0 fully saturated rings. The Labute approximate surface area is 176 Å². The van der Waals surface area contributed by atoms with E-state index in [9.17, 15) is 31.1 Å². The summed E-state index contributed by atoms with van der Waals surface area (Å²) in [5.41, 5.74) is -3.19. The number of hydrogen-bond acceptors (Lipinski definition) is 3. The summed E-state index contributed by atoms with van der Waals surface area (Å²) in [5.74, 6) is 0. The molecule has 0 saturated heterocycles. The minimum absolute atomic E-state index is 0.139. The van der Waals surface area contributed by atoms with Crippen molar-refractivity contribution in [2.45, 2.75) is 12.4 Å². The van der Waals surface area contributed by atoms with Gasteiger partial charge in [0, 0.05) is 23.5 Å². The second kappa shape index (κ2) is 7.66. The van der Waals surface area contributed by atoms with Crippen molar-refractivity contribution in [1.82, 2.24) is 19.6 Å². The molecular weight excluding hydrogens is 438 g/mol. The lowest BCUT2D eigenvalue weighted by molar-refractivity contribution is -0.141. The number of carbonyl (C=O) groups excluding carboxylic acids is 1. The van der Waals surface area contributed by atoms with E-state index in [0.717, 1.165) is 12.4 Å². The lowest BCUT2D eigenvalue weighted by Gasteiger charge is -2.05. The summed E-state index contributed by atoms with van der Waals surface area (Å²) in [4.78, 5) is 12.8.